The van der Waals surface area contributed by atoms with Gasteiger partial charge in [-0.2, -0.15) is 0 Å². The number of hydrogen-bond acceptors (Lipinski definition) is 15. The SMILES string of the molecule is CC(=O)N[C@H]1[C@@H](OCCOCCN)O[C@H](CO[C@]2(C(=O)O)C[C@H](O)[C@@H](NC(C)=O)[C@H]([C@H](O)[C@H](O)CO)O2)[C@H](O)[C@@H]1O. The van der Waals surface area contributed by atoms with Crippen molar-refractivity contribution in [1.82, 2.24) is 10.6 Å². The standard InChI is InChI=1S/C23H41N3O15/c1-10(28)25-15-12(30)7-23(22(35)36,41-20(15)17(32)13(31)8-27)39-9-14-18(33)19(34)16(26-11(2)29)21(40-14)38-6-5-37-4-3-24/h12-21,27,30-34H,3-9,24H2,1-2H3,(H,25,28)(H,26,29)(H,35,36)/t12-,13+,14+,15+,16+,17+,18-,19+,20+,21-,23+/m0/s1. The second-order valence-corrected chi connectivity index (χ2v) is 9.71. The molecule has 2 heterocycles. The lowest BCUT2D eigenvalue weighted by Crippen LogP contribution is -2.69. The van der Waals surface area contributed by atoms with Crippen molar-refractivity contribution < 1.29 is 73.8 Å². The molecule has 2 amide bonds. The Hall–Kier alpha value is -2.07. The molecule has 0 bridgehead atoms. The van der Waals surface area contributed by atoms with Crippen LogP contribution in [-0.4, -0.2) is 160 Å². The summed E-state index contributed by atoms with van der Waals surface area (Å²) >= 11 is 0. The van der Waals surface area contributed by atoms with Crippen molar-refractivity contribution in [2.24, 2.45) is 5.73 Å². The van der Waals surface area contributed by atoms with Gasteiger partial charge in [0.2, 0.25) is 11.8 Å². The van der Waals surface area contributed by atoms with Crippen LogP contribution in [0.1, 0.15) is 20.3 Å². The van der Waals surface area contributed by atoms with Crippen LogP contribution in [0.3, 0.4) is 0 Å². The van der Waals surface area contributed by atoms with Crippen molar-refractivity contribution in [2.45, 2.75) is 87.2 Å². The number of nitrogens with two attached hydrogens (primary N) is 1. The van der Waals surface area contributed by atoms with E-state index < -0.39 is 104 Å². The van der Waals surface area contributed by atoms with Gasteiger partial charge in [0.05, 0.1) is 45.2 Å². The molecule has 2 aliphatic rings. The third kappa shape index (κ3) is 9.21. The summed E-state index contributed by atoms with van der Waals surface area (Å²) in [7, 11) is 0. The first-order chi connectivity index (χ1) is 19.3. The van der Waals surface area contributed by atoms with Crippen molar-refractivity contribution in [3.63, 3.8) is 0 Å². The zero-order valence-electron chi connectivity index (χ0n) is 22.7. The zero-order chi connectivity index (χ0) is 30.9. The highest BCUT2D eigenvalue weighted by atomic mass is 16.7. The molecule has 2 fully saturated rings. The summed E-state index contributed by atoms with van der Waals surface area (Å²) in [6.45, 7) is 1.06. The third-order valence-corrected chi connectivity index (χ3v) is 6.51. The smallest absolute Gasteiger partial charge is 0.364 e. The summed E-state index contributed by atoms with van der Waals surface area (Å²) in [5.41, 5.74) is 5.36. The van der Waals surface area contributed by atoms with E-state index in [1.165, 1.54) is 6.92 Å². The molecule has 0 radical (unpaired) electrons. The number of ether oxygens (including phenoxy) is 5. The molecule has 0 spiro atoms. The maximum Gasteiger partial charge on any atom is 0.364 e. The van der Waals surface area contributed by atoms with Gasteiger partial charge in [-0.15, -0.1) is 0 Å². The fraction of sp³-hybridized carbons (Fsp3) is 0.870. The number of carbonyl (C=O) groups excluding carboxylic acids is 2. The van der Waals surface area contributed by atoms with Gasteiger partial charge in [-0.25, -0.2) is 4.79 Å². The van der Waals surface area contributed by atoms with Gasteiger partial charge in [0, 0.05) is 26.8 Å². The maximum absolute atomic E-state index is 12.4. The summed E-state index contributed by atoms with van der Waals surface area (Å²) in [6.07, 6.45) is -14.3. The van der Waals surface area contributed by atoms with Crippen LogP contribution in [0, 0.1) is 0 Å². The lowest BCUT2D eigenvalue weighted by atomic mass is 9.88. The van der Waals surface area contributed by atoms with Gasteiger partial charge >= 0.3 is 5.97 Å². The highest BCUT2D eigenvalue weighted by Crippen LogP contribution is 2.34. The van der Waals surface area contributed by atoms with E-state index in [0.717, 1.165) is 6.92 Å². The number of aliphatic hydroxyl groups excluding tert-OH is 6. The second kappa shape index (κ2) is 16.0. The topological polar surface area (TPSA) is 289 Å². The normalized spacial score (nSPS) is 35.3. The molecule has 2 rings (SSSR count). The summed E-state index contributed by atoms with van der Waals surface area (Å²) in [5.74, 6) is -5.71. The second-order valence-electron chi connectivity index (χ2n) is 9.71. The van der Waals surface area contributed by atoms with E-state index in [-0.39, 0.29) is 26.4 Å². The molecule has 18 heteroatoms. The fourth-order valence-corrected chi connectivity index (χ4v) is 4.50. The number of carbonyl (C=O) groups is 3. The number of hydrogen-bond donors (Lipinski definition) is 10. The first kappa shape index (κ1) is 35.1. The molecule has 238 valence electrons. The lowest BCUT2D eigenvalue weighted by Gasteiger charge is -2.47. The Bertz CT molecular complexity index is 868. The number of nitrogens with one attached hydrogen (secondary N) is 2. The van der Waals surface area contributed by atoms with Crippen LogP contribution in [-0.2, 0) is 38.1 Å². The van der Waals surface area contributed by atoms with E-state index >= 15 is 0 Å². The van der Waals surface area contributed by atoms with Gasteiger partial charge in [0.15, 0.2) is 6.29 Å². The van der Waals surface area contributed by atoms with Crippen LogP contribution in [0.4, 0.5) is 0 Å². The average Bonchev–Trinajstić information content (AvgIpc) is 2.91. The predicted octanol–water partition coefficient (Wildman–Crippen LogP) is -5.90. The minimum absolute atomic E-state index is 0.0667. The minimum Gasteiger partial charge on any atom is -0.477 e. The molecule has 2 aliphatic heterocycles. The summed E-state index contributed by atoms with van der Waals surface area (Å²) < 4.78 is 27.5. The van der Waals surface area contributed by atoms with Gasteiger partial charge in [-0.3, -0.25) is 9.59 Å². The molecule has 11 atom stereocenters. The highest BCUT2D eigenvalue weighted by molar-refractivity contribution is 5.76. The molecular weight excluding hydrogens is 558 g/mol. The van der Waals surface area contributed by atoms with Gasteiger partial charge in [-0.1, -0.05) is 0 Å². The molecule has 0 aromatic carbocycles. The van der Waals surface area contributed by atoms with E-state index in [0.29, 0.717) is 0 Å². The monoisotopic (exact) mass is 599 g/mol. The van der Waals surface area contributed by atoms with Crippen LogP contribution in [0.2, 0.25) is 0 Å². The Kier molecular flexibility index (Phi) is 13.7. The average molecular weight is 600 g/mol. The van der Waals surface area contributed by atoms with E-state index in [1.54, 1.807) is 0 Å². The molecule has 0 aromatic rings. The third-order valence-electron chi connectivity index (χ3n) is 6.51. The Morgan fingerprint density at radius 1 is 1.02 bits per heavy atom. The van der Waals surface area contributed by atoms with Gasteiger partial charge in [0.25, 0.3) is 5.79 Å². The molecule has 0 unspecified atom stereocenters. The molecule has 0 aromatic heterocycles. The van der Waals surface area contributed by atoms with Crippen molar-refractivity contribution in [3.8, 4) is 0 Å². The molecule has 41 heavy (non-hydrogen) atoms. The number of aliphatic carboxylic acids is 1. The van der Waals surface area contributed by atoms with Crippen LogP contribution in [0.15, 0.2) is 0 Å². The highest BCUT2D eigenvalue weighted by Gasteiger charge is 2.56. The summed E-state index contributed by atoms with van der Waals surface area (Å²) in [6, 6.07) is -2.64. The molecule has 0 saturated carbocycles. The van der Waals surface area contributed by atoms with E-state index in [4.69, 9.17) is 29.4 Å². The summed E-state index contributed by atoms with van der Waals surface area (Å²) in [4.78, 5) is 35.7. The molecular formula is C23H41N3O15. The van der Waals surface area contributed by atoms with E-state index in [1.807, 2.05) is 0 Å². The van der Waals surface area contributed by atoms with Gasteiger partial charge in [0.1, 0.15) is 42.7 Å². The van der Waals surface area contributed by atoms with E-state index in [2.05, 4.69) is 10.6 Å². The Morgan fingerprint density at radius 2 is 1.66 bits per heavy atom. The molecule has 0 aliphatic carbocycles. The molecule has 11 N–H and O–H groups in total. The van der Waals surface area contributed by atoms with E-state index in [9.17, 15) is 50.1 Å². The first-order valence-corrected chi connectivity index (χ1v) is 12.9. The lowest BCUT2D eigenvalue weighted by molar-refractivity contribution is -0.330. The Labute approximate surface area is 235 Å². The number of carboxylic acids is 1. The zero-order valence-corrected chi connectivity index (χ0v) is 22.7. The van der Waals surface area contributed by atoms with Crippen molar-refractivity contribution in [3.05, 3.63) is 0 Å². The van der Waals surface area contributed by atoms with Crippen LogP contribution < -0.4 is 16.4 Å². The van der Waals surface area contributed by atoms with Crippen LogP contribution >= 0.6 is 0 Å². The Morgan fingerprint density at radius 3 is 2.22 bits per heavy atom. The van der Waals surface area contributed by atoms with Crippen molar-refractivity contribution in [2.75, 3.05) is 39.6 Å². The van der Waals surface area contributed by atoms with Crippen molar-refractivity contribution in [1.29, 1.82) is 0 Å². The fourth-order valence-electron chi connectivity index (χ4n) is 4.50. The number of rotatable bonds is 15. The quantitative estimate of drug-likeness (QED) is 0.0784. The van der Waals surface area contributed by atoms with Gasteiger partial charge in [-0.05, 0) is 0 Å². The largest absolute Gasteiger partial charge is 0.477 e. The minimum atomic E-state index is -2.70. The van der Waals surface area contributed by atoms with Gasteiger partial charge < -0.3 is 75.8 Å². The van der Waals surface area contributed by atoms with Crippen LogP contribution in [0.5, 0.6) is 0 Å². The Balaban J connectivity index is 2.26. The first-order valence-electron chi connectivity index (χ1n) is 12.9. The number of aliphatic hydroxyl groups is 6. The maximum atomic E-state index is 12.4. The molecule has 2 saturated heterocycles. The number of amides is 2. The predicted molar refractivity (Wildman–Crippen MR) is 133 cm³/mol. The van der Waals surface area contributed by atoms with Crippen LogP contribution in [0.25, 0.3) is 0 Å². The molecule has 18 nitrogen and oxygen atoms in total. The number of carboxylic acid groups (broad SMARTS) is 1. The summed E-state index contributed by atoms with van der Waals surface area (Å²) in [5, 5.41) is 76.6. The van der Waals surface area contributed by atoms with Crippen molar-refractivity contribution >= 4 is 17.8 Å².